The Bertz CT molecular complexity index is 1260. The van der Waals surface area contributed by atoms with E-state index in [1.165, 1.54) is 0 Å². The highest BCUT2D eigenvalue weighted by Gasteiger charge is 2.19. The van der Waals surface area contributed by atoms with E-state index in [4.69, 9.17) is 30.9 Å². The summed E-state index contributed by atoms with van der Waals surface area (Å²) in [5.41, 5.74) is 3.15. The minimum atomic E-state index is -0.305. The number of hydrogen-bond donors (Lipinski definition) is 1. The van der Waals surface area contributed by atoms with Crippen LogP contribution in [0.2, 0.25) is 5.02 Å². The maximum Gasteiger partial charge on any atom is 0.259 e. The number of hydrogen-bond acceptors (Lipinski definition) is 5. The number of halogens is 1. The van der Waals surface area contributed by atoms with Gasteiger partial charge < -0.3 is 19.5 Å². The Kier molecular flexibility index (Phi) is 7.47. The third-order valence-electron chi connectivity index (χ3n) is 5.06. The molecule has 7 nitrogen and oxygen atoms in total. The van der Waals surface area contributed by atoms with Crippen LogP contribution in [0.5, 0.6) is 11.5 Å². The second-order valence-electron chi connectivity index (χ2n) is 7.34. The van der Waals surface area contributed by atoms with Gasteiger partial charge in [-0.05, 0) is 36.4 Å². The lowest BCUT2D eigenvalue weighted by Crippen LogP contribution is -2.13. The van der Waals surface area contributed by atoms with Gasteiger partial charge in [0.25, 0.3) is 5.91 Å². The van der Waals surface area contributed by atoms with E-state index in [-0.39, 0.29) is 5.91 Å². The van der Waals surface area contributed by atoms with Crippen molar-refractivity contribution >= 4 is 23.2 Å². The van der Waals surface area contributed by atoms with Crippen molar-refractivity contribution in [3.05, 3.63) is 89.6 Å². The standard InChI is InChI=1S/C26H24ClN3O4/c1-32-14-15-34-24-16-20(12-13-23(24)33-2)28-26(31)22-17-30(21-6-4-3-5-7-21)29-25(22)18-8-10-19(27)11-9-18/h3-13,16-17H,14-15H2,1-2H3,(H,28,31). The highest BCUT2D eigenvalue weighted by atomic mass is 35.5. The van der Waals surface area contributed by atoms with Gasteiger partial charge in [0.2, 0.25) is 0 Å². The maximum atomic E-state index is 13.4. The molecular formula is C26H24ClN3O4. The Balaban J connectivity index is 1.66. The molecule has 34 heavy (non-hydrogen) atoms. The van der Waals surface area contributed by atoms with Gasteiger partial charge in [-0.1, -0.05) is 41.9 Å². The average Bonchev–Trinajstić information content (AvgIpc) is 3.31. The SMILES string of the molecule is COCCOc1cc(NC(=O)c2cn(-c3ccccc3)nc2-c2ccc(Cl)cc2)ccc1OC. The number of benzene rings is 3. The van der Waals surface area contributed by atoms with Gasteiger partial charge in [-0.25, -0.2) is 4.68 Å². The van der Waals surface area contributed by atoms with E-state index in [9.17, 15) is 4.79 Å². The van der Waals surface area contributed by atoms with Crippen LogP contribution < -0.4 is 14.8 Å². The van der Waals surface area contributed by atoms with Gasteiger partial charge in [0, 0.05) is 35.6 Å². The summed E-state index contributed by atoms with van der Waals surface area (Å²) < 4.78 is 17.8. The Morgan fingerprint density at radius 1 is 0.971 bits per heavy atom. The van der Waals surface area contributed by atoms with Crippen LogP contribution in [-0.2, 0) is 4.74 Å². The Morgan fingerprint density at radius 2 is 1.74 bits per heavy atom. The summed E-state index contributed by atoms with van der Waals surface area (Å²) in [7, 11) is 3.16. The molecule has 8 heteroatoms. The molecule has 0 aliphatic heterocycles. The molecule has 0 bridgehead atoms. The van der Waals surface area contributed by atoms with E-state index in [0.29, 0.717) is 46.7 Å². The van der Waals surface area contributed by atoms with E-state index in [2.05, 4.69) is 5.32 Å². The fraction of sp³-hybridized carbons (Fsp3) is 0.154. The number of nitrogens with zero attached hydrogens (tertiary/aromatic N) is 2. The molecule has 0 aliphatic rings. The molecule has 1 heterocycles. The number of carbonyl (C=O) groups is 1. The van der Waals surface area contributed by atoms with Crippen LogP contribution >= 0.6 is 11.6 Å². The largest absolute Gasteiger partial charge is 0.493 e. The van der Waals surface area contributed by atoms with Gasteiger partial charge in [0.1, 0.15) is 12.3 Å². The van der Waals surface area contributed by atoms with E-state index >= 15 is 0 Å². The molecule has 4 aromatic rings. The van der Waals surface area contributed by atoms with Crippen molar-refractivity contribution in [3.8, 4) is 28.4 Å². The lowest BCUT2D eigenvalue weighted by molar-refractivity contribution is 0.102. The summed E-state index contributed by atoms with van der Waals surface area (Å²) in [4.78, 5) is 13.4. The van der Waals surface area contributed by atoms with E-state index in [0.717, 1.165) is 11.3 Å². The van der Waals surface area contributed by atoms with Gasteiger partial charge in [-0.15, -0.1) is 0 Å². The summed E-state index contributed by atoms with van der Waals surface area (Å²) >= 11 is 6.06. The van der Waals surface area contributed by atoms with Crippen molar-refractivity contribution in [2.24, 2.45) is 0 Å². The van der Waals surface area contributed by atoms with Crippen LogP contribution in [0.25, 0.3) is 16.9 Å². The normalized spacial score (nSPS) is 10.7. The summed E-state index contributed by atoms with van der Waals surface area (Å²) in [6, 6.07) is 22.0. The second kappa shape index (κ2) is 10.9. The zero-order valence-corrected chi connectivity index (χ0v) is 19.6. The number of amides is 1. The predicted molar refractivity (Wildman–Crippen MR) is 132 cm³/mol. The number of rotatable bonds is 9. The molecule has 0 saturated heterocycles. The number of ether oxygens (including phenoxy) is 3. The van der Waals surface area contributed by atoms with Crippen LogP contribution in [0, 0.1) is 0 Å². The fourth-order valence-corrected chi connectivity index (χ4v) is 3.50. The molecule has 1 N–H and O–H groups in total. The lowest BCUT2D eigenvalue weighted by Gasteiger charge is -2.13. The maximum absolute atomic E-state index is 13.4. The molecule has 0 radical (unpaired) electrons. The molecule has 3 aromatic carbocycles. The highest BCUT2D eigenvalue weighted by molar-refractivity contribution is 6.30. The van der Waals surface area contributed by atoms with Gasteiger partial charge in [0.05, 0.1) is 25.0 Å². The first-order chi connectivity index (χ1) is 16.6. The summed E-state index contributed by atoms with van der Waals surface area (Å²) in [5, 5.41) is 8.24. The van der Waals surface area contributed by atoms with Crippen molar-refractivity contribution < 1.29 is 19.0 Å². The Morgan fingerprint density at radius 3 is 2.44 bits per heavy atom. The zero-order valence-electron chi connectivity index (χ0n) is 18.8. The van der Waals surface area contributed by atoms with E-state index in [1.807, 2.05) is 42.5 Å². The van der Waals surface area contributed by atoms with Crippen LogP contribution in [-0.4, -0.2) is 43.1 Å². The third kappa shape index (κ3) is 5.39. The molecule has 4 rings (SSSR count). The van der Waals surface area contributed by atoms with Crippen molar-refractivity contribution in [3.63, 3.8) is 0 Å². The lowest BCUT2D eigenvalue weighted by atomic mass is 10.1. The van der Waals surface area contributed by atoms with Crippen LogP contribution in [0.1, 0.15) is 10.4 Å². The smallest absolute Gasteiger partial charge is 0.259 e. The zero-order chi connectivity index (χ0) is 23.9. The molecule has 0 saturated carbocycles. The van der Waals surface area contributed by atoms with Gasteiger partial charge >= 0.3 is 0 Å². The molecular weight excluding hydrogens is 454 g/mol. The summed E-state index contributed by atoms with van der Waals surface area (Å²) in [6.45, 7) is 0.789. The minimum absolute atomic E-state index is 0.305. The van der Waals surface area contributed by atoms with Crippen molar-refractivity contribution in [2.75, 3.05) is 32.8 Å². The van der Waals surface area contributed by atoms with Crippen molar-refractivity contribution in [1.82, 2.24) is 9.78 Å². The van der Waals surface area contributed by atoms with Crippen LogP contribution in [0.15, 0.2) is 79.0 Å². The molecule has 0 atom stereocenters. The van der Waals surface area contributed by atoms with Crippen molar-refractivity contribution in [1.29, 1.82) is 0 Å². The molecule has 0 unspecified atom stereocenters. The number of aromatic nitrogens is 2. The first-order valence-corrected chi connectivity index (χ1v) is 11.0. The first kappa shape index (κ1) is 23.4. The van der Waals surface area contributed by atoms with Crippen LogP contribution in [0.4, 0.5) is 5.69 Å². The second-order valence-corrected chi connectivity index (χ2v) is 7.78. The topological polar surface area (TPSA) is 74.6 Å². The number of para-hydroxylation sites is 1. The first-order valence-electron chi connectivity index (χ1n) is 10.6. The van der Waals surface area contributed by atoms with Crippen LogP contribution in [0.3, 0.4) is 0 Å². The third-order valence-corrected chi connectivity index (χ3v) is 5.32. The monoisotopic (exact) mass is 477 g/mol. The molecule has 0 spiro atoms. The molecule has 174 valence electrons. The highest BCUT2D eigenvalue weighted by Crippen LogP contribution is 2.31. The minimum Gasteiger partial charge on any atom is -0.493 e. The number of carbonyl (C=O) groups excluding carboxylic acids is 1. The van der Waals surface area contributed by atoms with E-state index < -0.39 is 0 Å². The van der Waals surface area contributed by atoms with Gasteiger partial charge in [0.15, 0.2) is 11.5 Å². The molecule has 1 aromatic heterocycles. The van der Waals surface area contributed by atoms with Crippen molar-refractivity contribution in [2.45, 2.75) is 0 Å². The number of anilines is 1. The van der Waals surface area contributed by atoms with E-state index in [1.54, 1.807) is 55.4 Å². The summed E-state index contributed by atoms with van der Waals surface area (Å²) in [5.74, 6) is 0.767. The molecule has 1 amide bonds. The Hall–Kier alpha value is -3.81. The van der Waals surface area contributed by atoms with Gasteiger partial charge in [-0.2, -0.15) is 5.10 Å². The quantitative estimate of drug-likeness (QED) is 0.323. The van der Waals surface area contributed by atoms with Gasteiger partial charge in [-0.3, -0.25) is 4.79 Å². The summed E-state index contributed by atoms with van der Waals surface area (Å²) in [6.07, 6.45) is 1.72. The molecule has 0 aliphatic carbocycles. The number of methoxy groups -OCH3 is 2. The molecule has 0 fully saturated rings. The number of nitrogens with one attached hydrogen (secondary N) is 1. The Labute approximate surface area is 202 Å². The average molecular weight is 478 g/mol. The predicted octanol–water partition coefficient (Wildman–Crippen LogP) is 5.48. The fourth-order valence-electron chi connectivity index (χ4n) is 3.37.